The lowest BCUT2D eigenvalue weighted by Gasteiger charge is -2.26. The van der Waals surface area contributed by atoms with Gasteiger partial charge in [-0.15, -0.1) is 0 Å². The van der Waals surface area contributed by atoms with Crippen molar-refractivity contribution in [1.29, 1.82) is 0 Å². The summed E-state index contributed by atoms with van der Waals surface area (Å²) >= 11 is 6.16. The van der Waals surface area contributed by atoms with Gasteiger partial charge in [0.15, 0.2) is 0 Å². The predicted molar refractivity (Wildman–Crippen MR) is 133 cm³/mol. The molecule has 1 N–H and O–H groups in total. The van der Waals surface area contributed by atoms with Crippen molar-refractivity contribution in [2.24, 2.45) is 0 Å². The number of nitrogens with zero attached hydrogens (tertiary/aromatic N) is 1. The van der Waals surface area contributed by atoms with E-state index in [9.17, 15) is 13.2 Å². The van der Waals surface area contributed by atoms with Gasteiger partial charge < -0.3 is 5.32 Å². The van der Waals surface area contributed by atoms with Crippen molar-refractivity contribution in [3.63, 3.8) is 0 Å². The van der Waals surface area contributed by atoms with Crippen molar-refractivity contribution >= 4 is 44.0 Å². The highest BCUT2D eigenvalue weighted by Crippen LogP contribution is 2.29. The number of rotatable bonds is 7. The number of halogens is 1. The minimum absolute atomic E-state index is 0.103. The zero-order chi connectivity index (χ0) is 23.4. The van der Waals surface area contributed by atoms with Crippen molar-refractivity contribution < 1.29 is 13.2 Å². The SMILES string of the molecule is Cc1ccc(Cl)cc1N(CC(=O)NCc1ccc2ccccc2c1)S(=O)(=O)c1ccccc1. The summed E-state index contributed by atoms with van der Waals surface area (Å²) in [6.45, 7) is 1.70. The fourth-order valence-corrected chi connectivity index (χ4v) is 5.27. The first kappa shape index (κ1) is 22.8. The van der Waals surface area contributed by atoms with Gasteiger partial charge in [0.25, 0.3) is 10.0 Å². The third-order valence-corrected chi connectivity index (χ3v) is 7.37. The fraction of sp³-hybridized carbons (Fsp3) is 0.115. The van der Waals surface area contributed by atoms with E-state index in [0.29, 0.717) is 16.3 Å². The van der Waals surface area contributed by atoms with Crippen LogP contribution in [0.1, 0.15) is 11.1 Å². The van der Waals surface area contributed by atoms with Crippen LogP contribution in [-0.4, -0.2) is 20.9 Å². The van der Waals surface area contributed by atoms with Crippen molar-refractivity contribution in [3.05, 3.63) is 107 Å². The molecule has 0 aliphatic heterocycles. The average Bonchev–Trinajstić information content (AvgIpc) is 2.83. The van der Waals surface area contributed by atoms with Gasteiger partial charge in [-0.3, -0.25) is 9.10 Å². The Morgan fingerprint density at radius 1 is 0.879 bits per heavy atom. The van der Waals surface area contributed by atoms with Gasteiger partial charge in [-0.05, 0) is 59.2 Å². The Morgan fingerprint density at radius 2 is 1.58 bits per heavy atom. The molecule has 4 rings (SSSR count). The number of hydrogen-bond donors (Lipinski definition) is 1. The number of aryl methyl sites for hydroxylation is 1. The molecular weight excluding hydrogens is 456 g/mol. The van der Waals surface area contributed by atoms with Crippen molar-refractivity contribution in [3.8, 4) is 0 Å². The standard InChI is InChI=1S/C26H23ClN2O3S/c1-19-11-14-23(27)16-25(19)29(33(31,32)24-9-3-2-4-10-24)18-26(30)28-17-20-12-13-21-7-5-6-8-22(21)15-20/h2-16H,17-18H2,1H3,(H,28,30). The van der Waals surface area contributed by atoms with E-state index < -0.39 is 15.9 Å². The quantitative estimate of drug-likeness (QED) is 0.391. The maximum atomic E-state index is 13.5. The highest BCUT2D eigenvalue weighted by molar-refractivity contribution is 7.92. The Labute approximate surface area is 198 Å². The molecule has 4 aromatic rings. The molecule has 5 nitrogen and oxygen atoms in total. The van der Waals surface area contributed by atoms with E-state index in [4.69, 9.17) is 11.6 Å². The Balaban J connectivity index is 1.59. The van der Waals surface area contributed by atoms with E-state index in [1.54, 1.807) is 43.3 Å². The summed E-state index contributed by atoms with van der Waals surface area (Å²) in [5.74, 6) is -0.415. The molecule has 0 fully saturated rings. The summed E-state index contributed by atoms with van der Waals surface area (Å²) in [4.78, 5) is 13.0. The van der Waals surface area contributed by atoms with E-state index in [1.807, 2.05) is 42.5 Å². The van der Waals surface area contributed by atoms with Crippen LogP contribution in [0, 0.1) is 6.92 Å². The number of amides is 1. The van der Waals surface area contributed by atoms with Gasteiger partial charge in [0.05, 0.1) is 10.6 Å². The van der Waals surface area contributed by atoms with E-state index >= 15 is 0 Å². The summed E-state index contributed by atoms with van der Waals surface area (Å²) in [7, 11) is -3.99. The lowest BCUT2D eigenvalue weighted by atomic mass is 10.1. The Kier molecular flexibility index (Phi) is 6.67. The lowest BCUT2D eigenvalue weighted by Crippen LogP contribution is -2.41. The minimum atomic E-state index is -3.99. The Morgan fingerprint density at radius 3 is 2.33 bits per heavy atom. The number of fused-ring (bicyclic) bond motifs is 1. The second-order valence-electron chi connectivity index (χ2n) is 7.71. The second-order valence-corrected chi connectivity index (χ2v) is 10.0. The van der Waals surface area contributed by atoms with Crippen LogP contribution in [0.2, 0.25) is 5.02 Å². The van der Waals surface area contributed by atoms with E-state index in [0.717, 1.165) is 20.6 Å². The molecule has 0 aromatic heterocycles. The summed E-state index contributed by atoms with van der Waals surface area (Å²) in [6, 6.07) is 27.0. The molecule has 0 aliphatic rings. The first-order valence-electron chi connectivity index (χ1n) is 10.4. The lowest BCUT2D eigenvalue weighted by molar-refractivity contribution is -0.119. The van der Waals surface area contributed by atoms with Gasteiger partial charge in [-0.25, -0.2) is 8.42 Å². The zero-order valence-corrected chi connectivity index (χ0v) is 19.6. The van der Waals surface area contributed by atoms with Gasteiger partial charge >= 0.3 is 0 Å². The largest absolute Gasteiger partial charge is 0.350 e. The van der Waals surface area contributed by atoms with Crippen molar-refractivity contribution in [2.45, 2.75) is 18.4 Å². The summed E-state index contributed by atoms with van der Waals surface area (Å²) in [5.41, 5.74) is 1.99. The molecule has 0 spiro atoms. The molecule has 0 unspecified atom stereocenters. The van der Waals surface area contributed by atoms with Crippen LogP contribution in [-0.2, 0) is 21.4 Å². The molecule has 0 aliphatic carbocycles. The van der Waals surface area contributed by atoms with Crippen LogP contribution in [0.15, 0.2) is 95.9 Å². The van der Waals surface area contributed by atoms with Crippen LogP contribution in [0.5, 0.6) is 0 Å². The monoisotopic (exact) mass is 478 g/mol. The van der Waals surface area contributed by atoms with E-state index in [2.05, 4.69) is 5.32 Å². The molecule has 0 saturated heterocycles. The van der Waals surface area contributed by atoms with Crippen LogP contribution < -0.4 is 9.62 Å². The first-order chi connectivity index (χ1) is 15.8. The number of nitrogens with one attached hydrogen (secondary N) is 1. The molecule has 7 heteroatoms. The summed E-state index contributed by atoms with van der Waals surface area (Å²) in [5, 5.41) is 5.42. The smallest absolute Gasteiger partial charge is 0.264 e. The van der Waals surface area contributed by atoms with E-state index in [-0.39, 0.29) is 18.0 Å². The van der Waals surface area contributed by atoms with Gasteiger partial charge in [0, 0.05) is 11.6 Å². The third kappa shape index (κ3) is 5.18. The molecule has 33 heavy (non-hydrogen) atoms. The normalized spacial score (nSPS) is 11.3. The maximum Gasteiger partial charge on any atom is 0.264 e. The van der Waals surface area contributed by atoms with Gasteiger partial charge in [-0.1, -0.05) is 72.3 Å². The van der Waals surface area contributed by atoms with E-state index in [1.165, 1.54) is 12.1 Å². The molecule has 4 aromatic carbocycles. The zero-order valence-electron chi connectivity index (χ0n) is 18.0. The summed E-state index contributed by atoms with van der Waals surface area (Å²) in [6.07, 6.45) is 0. The van der Waals surface area contributed by atoms with Gasteiger partial charge in [-0.2, -0.15) is 0 Å². The molecule has 0 radical (unpaired) electrons. The number of benzene rings is 4. The average molecular weight is 479 g/mol. The maximum absolute atomic E-state index is 13.5. The van der Waals surface area contributed by atoms with Crippen LogP contribution in [0.25, 0.3) is 10.8 Å². The van der Waals surface area contributed by atoms with Crippen LogP contribution >= 0.6 is 11.6 Å². The van der Waals surface area contributed by atoms with Crippen LogP contribution in [0.4, 0.5) is 5.69 Å². The number of carbonyl (C=O) groups excluding carboxylic acids is 1. The Hall–Kier alpha value is -3.35. The number of anilines is 1. The van der Waals surface area contributed by atoms with Crippen molar-refractivity contribution in [1.82, 2.24) is 5.32 Å². The highest BCUT2D eigenvalue weighted by atomic mass is 35.5. The number of sulfonamides is 1. The van der Waals surface area contributed by atoms with Crippen molar-refractivity contribution in [2.75, 3.05) is 10.8 Å². The molecule has 1 amide bonds. The van der Waals surface area contributed by atoms with Gasteiger partial charge in [0.1, 0.15) is 6.54 Å². The topological polar surface area (TPSA) is 66.5 Å². The molecular formula is C26H23ClN2O3S. The minimum Gasteiger partial charge on any atom is -0.350 e. The predicted octanol–water partition coefficient (Wildman–Crippen LogP) is 5.31. The second kappa shape index (κ2) is 9.65. The molecule has 0 saturated carbocycles. The Bertz CT molecular complexity index is 1410. The fourth-order valence-electron chi connectivity index (χ4n) is 3.61. The summed E-state index contributed by atoms with van der Waals surface area (Å²) < 4.78 is 28.0. The van der Waals surface area contributed by atoms with Gasteiger partial charge in [0.2, 0.25) is 5.91 Å². The first-order valence-corrected chi connectivity index (χ1v) is 12.2. The molecule has 168 valence electrons. The number of carbonyl (C=O) groups is 1. The molecule has 0 atom stereocenters. The molecule has 0 bridgehead atoms. The molecule has 0 heterocycles. The number of hydrogen-bond acceptors (Lipinski definition) is 3. The third-order valence-electron chi connectivity index (χ3n) is 5.36. The highest BCUT2D eigenvalue weighted by Gasteiger charge is 2.28. The van der Waals surface area contributed by atoms with Crippen LogP contribution in [0.3, 0.4) is 0 Å².